The van der Waals surface area contributed by atoms with E-state index >= 15 is 0 Å². The van der Waals surface area contributed by atoms with Crippen molar-refractivity contribution in [2.24, 2.45) is 11.7 Å². The maximum absolute atomic E-state index is 14.9. The second-order valence-corrected chi connectivity index (χ2v) is 11.3. The molecule has 0 aliphatic carbocycles. The van der Waals surface area contributed by atoms with E-state index in [0.29, 0.717) is 43.1 Å². The van der Waals surface area contributed by atoms with Gasteiger partial charge in [0, 0.05) is 37.3 Å². The standard InChI is InChI=1S/C28H37F2N5O5/c1-16(2)11-21(33(4)23(30)12-17(3)29)26(38)35-15-28(14-22(35)24(31)36)19-13-18(5-6-20(19)32-27(28)39)25(37)34-7-9-40-10-8-34/h5-6,13,16,21-23H,3,7-12,14-15H2,1-2,4H3,(H2,31,36)(H,32,39)/t21-,22-,23?,28-/m0/s1. The number of amides is 4. The maximum atomic E-state index is 14.9. The highest BCUT2D eigenvalue weighted by Crippen LogP contribution is 2.47. The van der Waals surface area contributed by atoms with E-state index in [1.807, 2.05) is 13.8 Å². The number of hydrogen-bond donors (Lipinski definition) is 2. The Kier molecular flexibility index (Phi) is 8.60. The number of halogens is 2. The maximum Gasteiger partial charge on any atom is 0.254 e. The Labute approximate surface area is 232 Å². The average Bonchev–Trinajstić information content (AvgIpc) is 3.44. The van der Waals surface area contributed by atoms with Gasteiger partial charge in [0.1, 0.15) is 6.04 Å². The van der Waals surface area contributed by atoms with Crippen molar-refractivity contribution in [2.45, 2.75) is 56.9 Å². The third kappa shape index (κ3) is 5.60. The number of ether oxygens (including phenoxy) is 1. The minimum Gasteiger partial charge on any atom is -0.378 e. The van der Waals surface area contributed by atoms with Crippen LogP contribution in [0.15, 0.2) is 30.6 Å². The molecule has 4 amide bonds. The van der Waals surface area contributed by atoms with E-state index in [-0.39, 0.29) is 31.2 Å². The van der Waals surface area contributed by atoms with Gasteiger partial charge >= 0.3 is 0 Å². The smallest absolute Gasteiger partial charge is 0.254 e. The van der Waals surface area contributed by atoms with Gasteiger partial charge in [0.2, 0.25) is 17.7 Å². The van der Waals surface area contributed by atoms with Gasteiger partial charge in [0.05, 0.1) is 30.5 Å². The quantitative estimate of drug-likeness (QED) is 0.444. The van der Waals surface area contributed by atoms with Gasteiger partial charge in [0.15, 0.2) is 6.30 Å². The zero-order chi connectivity index (χ0) is 29.4. The van der Waals surface area contributed by atoms with E-state index in [4.69, 9.17) is 10.5 Å². The third-order valence-corrected chi connectivity index (χ3v) is 8.04. The number of morpholine rings is 1. The second kappa shape index (κ2) is 11.6. The first-order chi connectivity index (χ1) is 18.9. The van der Waals surface area contributed by atoms with Gasteiger partial charge in [-0.25, -0.2) is 8.78 Å². The molecular weight excluding hydrogens is 524 g/mol. The van der Waals surface area contributed by atoms with Crippen LogP contribution in [0.2, 0.25) is 0 Å². The molecule has 2 fully saturated rings. The van der Waals surface area contributed by atoms with Crippen molar-refractivity contribution in [3.63, 3.8) is 0 Å². The van der Waals surface area contributed by atoms with Crippen molar-refractivity contribution < 1.29 is 32.7 Å². The molecule has 3 N–H and O–H groups in total. The van der Waals surface area contributed by atoms with Crippen LogP contribution in [0.1, 0.15) is 49.0 Å². The average molecular weight is 562 g/mol. The number of carbonyl (C=O) groups is 4. The number of nitrogens with zero attached hydrogens (tertiary/aromatic N) is 3. The van der Waals surface area contributed by atoms with Gasteiger partial charge in [0.25, 0.3) is 5.91 Å². The summed E-state index contributed by atoms with van der Waals surface area (Å²) in [7, 11) is 1.38. The molecule has 40 heavy (non-hydrogen) atoms. The molecule has 0 saturated carbocycles. The molecule has 2 saturated heterocycles. The molecule has 1 aromatic carbocycles. The number of hydrogen-bond acceptors (Lipinski definition) is 6. The molecule has 1 spiro atoms. The highest BCUT2D eigenvalue weighted by atomic mass is 19.1. The Morgan fingerprint density at radius 2 is 1.95 bits per heavy atom. The minimum absolute atomic E-state index is 0.0370. The SMILES string of the molecule is C=C(F)CC(F)N(C)[C@@H](CC(C)C)C(=O)N1C[C@]2(C[C@H]1C(N)=O)C(=O)Nc1ccc(C(=O)N3CCOCC3)cc12. The van der Waals surface area contributed by atoms with Crippen LogP contribution in [-0.4, -0.2) is 96.6 Å². The Balaban J connectivity index is 1.68. The highest BCUT2D eigenvalue weighted by molar-refractivity contribution is 6.09. The van der Waals surface area contributed by atoms with Crippen LogP contribution in [0.5, 0.6) is 0 Å². The molecule has 3 aliphatic rings. The van der Waals surface area contributed by atoms with Gasteiger partial charge in [-0.2, -0.15) is 0 Å². The molecule has 4 atom stereocenters. The van der Waals surface area contributed by atoms with Crippen molar-refractivity contribution in [3.05, 3.63) is 41.7 Å². The van der Waals surface area contributed by atoms with Gasteiger partial charge in [-0.05, 0) is 49.6 Å². The monoisotopic (exact) mass is 561 g/mol. The number of nitrogens with two attached hydrogens (primary N) is 1. The van der Waals surface area contributed by atoms with Crippen LogP contribution in [-0.2, 0) is 24.5 Å². The summed E-state index contributed by atoms with van der Waals surface area (Å²) < 4.78 is 33.7. The van der Waals surface area contributed by atoms with Crippen LogP contribution in [0.3, 0.4) is 0 Å². The number of anilines is 1. The summed E-state index contributed by atoms with van der Waals surface area (Å²) in [6.07, 6.45) is -2.28. The van der Waals surface area contributed by atoms with Crippen LogP contribution >= 0.6 is 0 Å². The molecule has 3 aliphatic heterocycles. The van der Waals surface area contributed by atoms with E-state index in [1.54, 1.807) is 23.1 Å². The summed E-state index contributed by atoms with van der Waals surface area (Å²) in [6.45, 7) is 8.42. The number of alkyl halides is 1. The first-order valence-electron chi connectivity index (χ1n) is 13.5. The molecule has 1 aromatic rings. The van der Waals surface area contributed by atoms with Crippen molar-refractivity contribution in [3.8, 4) is 0 Å². The number of carbonyl (C=O) groups excluding carboxylic acids is 4. The summed E-state index contributed by atoms with van der Waals surface area (Å²) in [6, 6.07) is 2.74. The number of rotatable bonds is 9. The minimum atomic E-state index is -1.82. The Bertz CT molecular complexity index is 1200. The number of likely N-dealkylation sites (N-methyl/N-ethyl adjacent to an activating group) is 1. The highest BCUT2D eigenvalue weighted by Gasteiger charge is 2.58. The Hall–Kier alpha value is -3.38. The number of likely N-dealkylation sites (tertiary alicyclic amines) is 1. The van der Waals surface area contributed by atoms with E-state index < -0.39 is 53.8 Å². The van der Waals surface area contributed by atoms with Gasteiger partial charge in [-0.15, -0.1) is 0 Å². The first-order valence-corrected chi connectivity index (χ1v) is 13.5. The molecule has 3 heterocycles. The van der Waals surface area contributed by atoms with E-state index in [9.17, 15) is 28.0 Å². The van der Waals surface area contributed by atoms with Crippen LogP contribution in [0, 0.1) is 5.92 Å². The predicted octanol–water partition coefficient (Wildman–Crippen LogP) is 1.95. The molecular formula is C28H37F2N5O5. The summed E-state index contributed by atoms with van der Waals surface area (Å²) in [5.74, 6) is -2.89. The molecule has 12 heteroatoms. The fraction of sp³-hybridized carbons (Fsp3) is 0.571. The van der Waals surface area contributed by atoms with E-state index in [1.165, 1.54) is 11.9 Å². The lowest BCUT2D eigenvalue weighted by atomic mass is 9.79. The lowest BCUT2D eigenvalue weighted by Crippen LogP contribution is -2.54. The molecule has 1 unspecified atom stereocenters. The topological polar surface area (TPSA) is 125 Å². The number of nitrogens with one attached hydrogen (secondary N) is 1. The Morgan fingerprint density at radius 1 is 1.27 bits per heavy atom. The lowest BCUT2D eigenvalue weighted by molar-refractivity contribution is -0.144. The van der Waals surface area contributed by atoms with E-state index in [0.717, 1.165) is 4.90 Å². The number of fused-ring (bicyclic) bond motifs is 2. The van der Waals surface area contributed by atoms with Crippen molar-refractivity contribution in [1.29, 1.82) is 0 Å². The molecule has 218 valence electrons. The van der Waals surface area contributed by atoms with Crippen molar-refractivity contribution in [2.75, 3.05) is 45.2 Å². The molecule has 10 nitrogen and oxygen atoms in total. The van der Waals surface area contributed by atoms with Crippen molar-refractivity contribution >= 4 is 29.3 Å². The lowest BCUT2D eigenvalue weighted by Gasteiger charge is -2.35. The molecule has 0 bridgehead atoms. The predicted molar refractivity (Wildman–Crippen MR) is 144 cm³/mol. The summed E-state index contributed by atoms with van der Waals surface area (Å²) in [5.41, 5.74) is 5.78. The fourth-order valence-corrected chi connectivity index (χ4v) is 5.85. The van der Waals surface area contributed by atoms with Crippen LogP contribution in [0.25, 0.3) is 0 Å². The normalized spacial score (nSPS) is 23.9. The number of benzene rings is 1. The fourth-order valence-electron chi connectivity index (χ4n) is 5.85. The zero-order valence-electron chi connectivity index (χ0n) is 23.1. The van der Waals surface area contributed by atoms with Crippen LogP contribution < -0.4 is 11.1 Å². The van der Waals surface area contributed by atoms with Gasteiger partial charge < -0.3 is 25.6 Å². The van der Waals surface area contributed by atoms with Crippen molar-refractivity contribution in [1.82, 2.24) is 14.7 Å². The second-order valence-electron chi connectivity index (χ2n) is 11.3. The van der Waals surface area contributed by atoms with Gasteiger partial charge in [-0.1, -0.05) is 20.4 Å². The summed E-state index contributed by atoms with van der Waals surface area (Å²) in [5, 5.41) is 2.82. The largest absolute Gasteiger partial charge is 0.378 e. The zero-order valence-corrected chi connectivity index (χ0v) is 23.1. The number of primary amides is 1. The summed E-state index contributed by atoms with van der Waals surface area (Å²) in [4.78, 5) is 57.3. The summed E-state index contributed by atoms with van der Waals surface area (Å²) >= 11 is 0. The first kappa shape index (κ1) is 29.6. The van der Waals surface area contributed by atoms with E-state index in [2.05, 4.69) is 11.9 Å². The van der Waals surface area contributed by atoms with Gasteiger partial charge in [-0.3, -0.25) is 24.1 Å². The molecule has 0 radical (unpaired) electrons. The molecule has 4 rings (SSSR count). The third-order valence-electron chi connectivity index (χ3n) is 8.04. The molecule has 0 aromatic heterocycles. The van der Waals surface area contributed by atoms with Crippen LogP contribution in [0.4, 0.5) is 14.5 Å². The Morgan fingerprint density at radius 3 is 2.55 bits per heavy atom.